The predicted molar refractivity (Wildman–Crippen MR) is 61.6 cm³/mol. The van der Waals surface area contributed by atoms with Gasteiger partial charge >= 0.3 is 5.97 Å². The van der Waals surface area contributed by atoms with E-state index in [1.165, 1.54) is 0 Å². The maximum atomic E-state index is 11.5. The summed E-state index contributed by atoms with van der Waals surface area (Å²) in [4.78, 5) is 22.6. The Morgan fingerprint density at radius 1 is 1.56 bits per heavy atom. The topological polar surface area (TPSA) is 75.6 Å². The summed E-state index contributed by atoms with van der Waals surface area (Å²) in [6, 6.07) is 0. The van der Waals surface area contributed by atoms with Crippen molar-refractivity contribution in [3.63, 3.8) is 0 Å². The van der Waals surface area contributed by atoms with Crippen molar-refractivity contribution in [3.05, 3.63) is 0 Å². The van der Waals surface area contributed by atoms with Gasteiger partial charge in [-0.1, -0.05) is 0 Å². The van der Waals surface area contributed by atoms with Gasteiger partial charge in [-0.2, -0.15) is 11.8 Å². The zero-order valence-corrected chi connectivity index (χ0v) is 10.1. The van der Waals surface area contributed by atoms with E-state index in [1.54, 1.807) is 11.8 Å². The molecule has 1 amide bonds. The zero-order valence-electron chi connectivity index (χ0n) is 9.32. The van der Waals surface area contributed by atoms with Crippen molar-refractivity contribution in [2.45, 2.75) is 25.3 Å². The normalized spacial score (nSPS) is 24.3. The Kier molecular flexibility index (Phi) is 5.08. The largest absolute Gasteiger partial charge is 0.479 e. The standard InChI is InChI=1S/C10H17NO4S/c1-2-15-5-3-8(12)11-10(9(13)14)4-6-16-7-10/h2-7H2,1H3,(H,11,12)(H,13,14). The number of thioether (sulfide) groups is 1. The highest BCUT2D eigenvalue weighted by molar-refractivity contribution is 7.99. The van der Waals surface area contributed by atoms with Gasteiger partial charge in [-0.05, 0) is 19.1 Å². The van der Waals surface area contributed by atoms with E-state index in [0.29, 0.717) is 25.4 Å². The molecule has 1 atom stereocenters. The Morgan fingerprint density at radius 2 is 2.31 bits per heavy atom. The van der Waals surface area contributed by atoms with Crippen molar-refractivity contribution in [1.29, 1.82) is 0 Å². The molecule has 0 radical (unpaired) electrons. The van der Waals surface area contributed by atoms with Crippen molar-refractivity contribution in [2.24, 2.45) is 0 Å². The van der Waals surface area contributed by atoms with Gasteiger partial charge < -0.3 is 15.2 Å². The number of carbonyl (C=O) groups excluding carboxylic acids is 1. The number of carbonyl (C=O) groups is 2. The number of amides is 1. The number of carboxylic acid groups (broad SMARTS) is 1. The highest BCUT2D eigenvalue weighted by Gasteiger charge is 2.43. The quantitative estimate of drug-likeness (QED) is 0.668. The van der Waals surface area contributed by atoms with Gasteiger partial charge in [0.1, 0.15) is 5.54 Å². The molecule has 0 saturated carbocycles. The van der Waals surface area contributed by atoms with Crippen LogP contribution in [0, 0.1) is 0 Å². The molecule has 2 N–H and O–H groups in total. The molecule has 6 heteroatoms. The first-order valence-electron chi connectivity index (χ1n) is 5.30. The van der Waals surface area contributed by atoms with E-state index in [2.05, 4.69) is 5.32 Å². The Morgan fingerprint density at radius 3 is 2.81 bits per heavy atom. The number of ether oxygens (including phenoxy) is 1. The lowest BCUT2D eigenvalue weighted by molar-refractivity contribution is -0.146. The first-order valence-corrected chi connectivity index (χ1v) is 6.46. The highest BCUT2D eigenvalue weighted by atomic mass is 32.2. The summed E-state index contributed by atoms with van der Waals surface area (Å²) in [6.45, 7) is 2.75. The van der Waals surface area contributed by atoms with Crippen molar-refractivity contribution >= 4 is 23.6 Å². The van der Waals surface area contributed by atoms with Crippen LogP contribution in [0.5, 0.6) is 0 Å². The van der Waals surface area contributed by atoms with Gasteiger partial charge in [0.2, 0.25) is 5.91 Å². The van der Waals surface area contributed by atoms with Gasteiger partial charge in [0.15, 0.2) is 0 Å². The number of hydrogen-bond acceptors (Lipinski definition) is 4. The van der Waals surface area contributed by atoms with Crippen LogP contribution in [0.2, 0.25) is 0 Å². The van der Waals surface area contributed by atoms with Gasteiger partial charge in [-0.25, -0.2) is 4.79 Å². The van der Waals surface area contributed by atoms with E-state index in [4.69, 9.17) is 9.84 Å². The van der Waals surface area contributed by atoms with Crippen molar-refractivity contribution in [2.75, 3.05) is 24.7 Å². The van der Waals surface area contributed by atoms with Gasteiger partial charge in [-0.3, -0.25) is 4.79 Å². The monoisotopic (exact) mass is 247 g/mol. The number of nitrogens with one attached hydrogen (secondary N) is 1. The summed E-state index contributed by atoms with van der Waals surface area (Å²) in [5, 5.41) is 11.7. The van der Waals surface area contributed by atoms with Crippen LogP contribution in [-0.2, 0) is 14.3 Å². The fourth-order valence-electron chi connectivity index (χ4n) is 1.52. The fourth-order valence-corrected chi connectivity index (χ4v) is 2.85. The Hall–Kier alpha value is -0.750. The van der Waals surface area contributed by atoms with Crippen LogP contribution >= 0.6 is 11.8 Å². The van der Waals surface area contributed by atoms with Crippen LogP contribution in [0.1, 0.15) is 19.8 Å². The second-order valence-corrected chi connectivity index (χ2v) is 4.79. The maximum absolute atomic E-state index is 11.5. The van der Waals surface area contributed by atoms with Crippen LogP contribution in [0.15, 0.2) is 0 Å². The molecule has 1 aliphatic heterocycles. The fraction of sp³-hybridized carbons (Fsp3) is 0.800. The summed E-state index contributed by atoms with van der Waals surface area (Å²) in [6.07, 6.45) is 0.709. The zero-order chi connectivity index (χ0) is 12.0. The van der Waals surface area contributed by atoms with Gasteiger partial charge in [0, 0.05) is 18.8 Å². The Labute approximate surface area is 98.9 Å². The minimum Gasteiger partial charge on any atom is -0.479 e. The molecule has 0 aliphatic carbocycles. The van der Waals surface area contributed by atoms with Crippen molar-refractivity contribution in [1.82, 2.24) is 5.32 Å². The summed E-state index contributed by atoms with van der Waals surface area (Å²) < 4.78 is 5.05. The van der Waals surface area contributed by atoms with Crippen LogP contribution in [0.4, 0.5) is 0 Å². The van der Waals surface area contributed by atoms with E-state index in [0.717, 1.165) is 5.75 Å². The number of rotatable bonds is 6. The molecule has 1 fully saturated rings. The van der Waals surface area contributed by atoms with Crippen LogP contribution in [0.25, 0.3) is 0 Å². The molecule has 92 valence electrons. The number of aliphatic carboxylic acids is 1. The minimum absolute atomic E-state index is 0.216. The third kappa shape index (κ3) is 3.38. The first kappa shape index (κ1) is 13.3. The summed E-state index contributed by atoms with van der Waals surface area (Å²) >= 11 is 1.55. The number of carboxylic acids is 1. The molecule has 0 aromatic rings. The lowest BCUT2D eigenvalue weighted by atomic mass is 9.99. The molecule has 1 saturated heterocycles. The van der Waals surface area contributed by atoms with Crippen LogP contribution in [0.3, 0.4) is 0 Å². The molecular weight excluding hydrogens is 230 g/mol. The Balaban J connectivity index is 2.43. The van der Waals surface area contributed by atoms with E-state index in [9.17, 15) is 9.59 Å². The molecular formula is C10H17NO4S. The molecule has 1 aliphatic rings. The first-order chi connectivity index (χ1) is 7.60. The minimum atomic E-state index is -1.06. The van der Waals surface area contributed by atoms with Crippen LogP contribution < -0.4 is 5.32 Å². The van der Waals surface area contributed by atoms with Crippen molar-refractivity contribution in [3.8, 4) is 0 Å². The van der Waals surface area contributed by atoms with Gasteiger partial charge in [0.05, 0.1) is 6.61 Å². The highest BCUT2D eigenvalue weighted by Crippen LogP contribution is 2.28. The second-order valence-electron chi connectivity index (χ2n) is 3.68. The third-order valence-corrected chi connectivity index (χ3v) is 3.68. The van der Waals surface area contributed by atoms with E-state index < -0.39 is 11.5 Å². The molecule has 0 spiro atoms. The maximum Gasteiger partial charge on any atom is 0.330 e. The van der Waals surface area contributed by atoms with Gasteiger partial charge in [-0.15, -0.1) is 0 Å². The van der Waals surface area contributed by atoms with Crippen LogP contribution in [-0.4, -0.2) is 47.2 Å². The SMILES string of the molecule is CCOCCC(=O)NC1(C(=O)O)CCSC1. The van der Waals surface area contributed by atoms with E-state index in [1.807, 2.05) is 6.92 Å². The van der Waals surface area contributed by atoms with E-state index in [-0.39, 0.29) is 12.3 Å². The summed E-state index contributed by atoms with van der Waals surface area (Å²) in [5.41, 5.74) is -1.06. The molecule has 1 unspecified atom stereocenters. The molecule has 1 heterocycles. The second kappa shape index (κ2) is 6.10. The average molecular weight is 247 g/mol. The lowest BCUT2D eigenvalue weighted by Crippen LogP contribution is -2.54. The smallest absolute Gasteiger partial charge is 0.330 e. The van der Waals surface area contributed by atoms with Crippen molar-refractivity contribution < 1.29 is 19.4 Å². The summed E-state index contributed by atoms with van der Waals surface area (Å²) in [7, 11) is 0. The average Bonchev–Trinajstić information content (AvgIpc) is 2.68. The number of hydrogen-bond donors (Lipinski definition) is 2. The predicted octanol–water partition coefficient (Wildman–Crippen LogP) is 0.489. The Bertz CT molecular complexity index is 264. The van der Waals surface area contributed by atoms with Gasteiger partial charge in [0.25, 0.3) is 0 Å². The molecule has 0 aromatic carbocycles. The third-order valence-electron chi connectivity index (χ3n) is 2.49. The molecule has 1 rings (SSSR count). The molecule has 0 aromatic heterocycles. The lowest BCUT2D eigenvalue weighted by Gasteiger charge is -2.24. The molecule has 5 nitrogen and oxygen atoms in total. The molecule has 0 bridgehead atoms. The molecule has 16 heavy (non-hydrogen) atoms. The van der Waals surface area contributed by atoms with E-state index >= 15 is 0 Å². The summed E-state index contributed by atoms with van der Waals surface area (Å²) in [5.74, 6) is 0.0291.